The van der Waals surface area contributed by atoms with Gasteiger partial charge in [-0.1, -0.05) is 6.07 Å². The van der Waals surface area contributed by atoms with Gasteiger partial charge in [0.1, 0.15) is 0 Å². The van der Waals surface area contributed by atoms with Gasteiger partial charge in [-0.15, -0.1) is 11.3 Å². The number of pyridine rings is 1. The van der Waals surface area contributed by atoms with Gasteiger partial charge in [0.15, 0.2) is 11.8 Å². The Bertz CT molecular complexity index is 1060. The highest BCUT2D eigenvalue weighted by molar-refractivity contribution is 7.13. The topological polar surface area (TPSA) is 115 Å². The third-order valence-corrected chi connectivity index (χ3v) is 5.06. The summed E-state index contributed by atoms with van der Waals surface area (Å²) < 4.78 is 7.03. The number of thiophene rings is 1. The lowest BCUT2D eigenvalue weighted by Gasteiger charge is -2.14. The van der Waals surface area contributed by atoms with E-state index in [0.717, 1.165) is 4.88 Å². The maximum absolute atomic E-state index is 12.9. The van der Waals surface area contributed by atoms with E-state index < -0.39 is 24.0 Å². The van der Waals surface area contributed by atoms with Crippen molar-refractivity contribution >= 4 is 40.3 Å². The predicted octanol–water partition coefficient (Wildman–Crippen LogP) is 2.74. The maximum atomic E-state index is 12.9. The molecule has 0 aliphatic rings. The van der Waals surface area contributed by atoms with Crippen LogP contribution in [0.2, 0.25) is 0 Å². The molecule has 0 saturated heterocycles. The predicted molar refractivity (Wildman–Crippen MR) is 109 cm³/mol. The second kappa shape index (κ2) is 8.39. The highest BCUT2D eigenvalue weighted by Gasteiger charge is 2.24. The summed E-state index contributed by atoms with van der Waals surface area (Å²) in [5, 5.41) is 11.1. The van der Waals surface area contributed by atoms with Gasteiger partial charge < -0.3 is 10.1 Å². The average Bonchev–Trinajstić information content (AvgIpc) is 3.36. The number of imide groups is 1. The second-order valence-corrected chi connectivity index (χ2v) is 7.52. The Morgan fingerprint density at radius 3 is 2.62 bits per heavy atom. The third kappa shape index (κ3) is 4.27. The van der Waals surface area contributed by atoms with Gasteiger partial charge in [-0.3, -0.25) is 10.1 Å². The number of nitrogens with zero attached hydrogens (tertiary/aromatic N) is 3. The van der Waals surface area contributed by atoms with Crippen LogP contribution in [0.1, 0.15) is 37.2 Å². The molecule has 0 bridgehead atoms. The maximum Gasteiger partial charge on any atom is 0.339 e. The van der Waals surface area contributed by atoms with E-state index in [1.165, 1.54) is 25.3 Å². The first kappa shape index (κ1) is 20.5. The number of urea groups is 1. The summed E-state index contributed by atoms with van der Waals surface area (Å²) in [6.07, 6.45) is 0.403. The van der Waals surface area contributed by atoms with Gasteiger partial charge in [-0.25, -0.2) is 19.3 Å². The Morgan fingerprint density at radius 1 is 1.24 bits per heavy atom. The zero-order chi connectivity index (χ0) is 21.1. The van der Waals surface area contributed by atoms with E-state index >= 15 is 0 Å². The van der Waals surface area contributed by atoms with Crippen molar-refractivity contribution < 1.29 is 19.1 Å². The van der Waals surface area contributed by atoms with Crippen molar-refractivity contribution in [2.24, 2.45) is 0 Å². The summed E-state index contributed by atoms with van der Waals surface area (Å²) in [4.78, 5) is 41.7. The molecule has 0 saturated carbocycles. The summed E-state index contributed by atoms with van der Waals surface area (Å²) in [6.45, 7) is 5.33. The molecule has 3 aromatic heterocycles. The molecule has 10 heteroatoms. The molecule has 2 N–H and O–H groups in total. The average molecular weight is 415 g/mol. The number of carbonyl (C=O) groups is 3. The van der Waals surface area contributed by atoms with Crippen molar-refractivity contribution in [2.45, 2.75) is 32.9 Å². The molecule has 3 amide bonds. The standard InChI is InChI=1S/C19H21N5O4S/c1-10(2)24-16-13(9-21-24)12(8-14(22-16)15-6-5-7-29-15)18(26)28-11(3)17(25)23-19(27)20-4/h5-11H,1-4H3,(H2,20,23,25,27). The minimum absolute atomic E-state index is 0.0414. The Labute approximate surface area is 171 Å². The van der Waals surface area contributed by atoms with Gasteiger partial charge in [0, 0.05) is 13.1 Å². The van der Waals surface area contributed by atoms with E-state index in [1.54, 1.807) is 16.9 Å². The Hall–Kier alpha value is -3.27. The Kier molecular flexibility index (Phi) is 5.92. The molecular formula is C19H21N5O4S. The summed E-state index contributed by atoms with van der Waals surface area (Å²) in [7, 11) is 1.38. The quantitative estimate of drug-likeness (QED) is 0.619. The molecule has 152 valence electrons. The molecule has 0 aliphatic heterocycles. The number of fused-ring (bicyclic) bond motifs is 1. The van der Waals surface area contributed by atoms with Crippen molar-refractivity contribution in [2.75, 3.05) is 7.05 Å². The van der Waals surface area contributed by atoms with Crippen LogP contribution in [0.5, 0.6) is 0 Å². The first-order valence-corrected chi connectivity index (χ1v) is 9.85. The lowest BCUT2D eigenvalue weighted by atomic mass is 10.1. The fourth-order valence-electron chi connectivity index (χ4n) is 2.67. The molecule has 0 aliphatic carbocycles. The third-order valence-electron chi connectivity index (χ3n) is 4.17. The summed E-state index contributed by atoms with van der Waals surface area (Å²) >= 11 is 1.50. The largest absolute Gasteiger partial charge is 0.449 e. The minimum Gasteiger partial charge on any atom is -0.449 e. The van der Waals surface area contributed by atoms with Gasteiger partial charge in [-0.2, -0.15) is 5.10 Å². The van der Waals surface area contributed by atoms with Crippen LogP contribution >= 0.6 is 11.3 Å². The van der Waals surface area contributed by atoms with Gasteiger partial charge in [0.25, 0.3) is 5.91 Å². The first-order chi connectivity index (χ1) is 13.8. The second-order valence-electron chi connectivity index (χ2n) is 6.57. The number of esters is 1. The van der Waals surface area contributed by atoms with E-state index in [4.69, 9.17) is 4.74 Å². The molecule has 1 unspecified atom stereocenters. The SMILES string of the molecule is CNC(=O)NC(=O)C(C)OC(=O)c1cc(-c2cccs2)nc2c1cnn2C(C)C. The normalized spacial score (nSPS) is 12.0. The van der Waals surface area contributed by atoms with Crippen LogP contribution in [-0.4, -0.2) is 45.8 Å². The lowest BCUT2D eigenvalue weighted by molar-refractivity contribution is -0.127. The number of aromatic nitrogens is 3. The number of hydrogen-bond acceptors (Lipinski definition) is 7. The molecule has 9 nitrogen and oxygen atoms in total. The molecule has 3 heterocycles. The van der Waals surface area contributed by atoms with Gasteiger partial charge in [-0.05, 0) is 38.3 Å². The van der Waals surface area contributed by atoms with Crippen molar-refractivity contribution in [1.29, 1.82) is 0 Å². The summed E-state index contributed by atoms with van der Waals surface area (Å²) in [5.74, 6) is -1.42. The molecule has 29 heavy (non-hydrogen) atoms. The minimum atomic E-state index is -1.16. The van der Waals surface area contributed by atoms with Gasteiger partial charge >= 0.3 is 12.0 Å². The van der Waals surface area contributed by atoms with Gasteiger partial charge in [0.05, 0.1) is 27.7 Å². The van der Waals surface area contributed by atoms with Gasteiger partial charge in [0.2, 0.25) is 0 Å². The van der Waals surface area contributed by atoms with Crippen LogP contribution in [0.15, 0.2) is 29.8 Å². The lowest BCUT2D eigenvalue weighted by Crippen LogP contribution is -2.43. The number of nitrogens with one attached hydrogen (secondary N) is 2. The van der Waals surface area contributed by atoms with E-state index in [-0.39, 0.29) is 11.6 Å². The molecule has 0 spiro atoms. The number of hydrogen-bond donors (Lipinski definition) is 2. The highest BCUT2D eigenvalue weighted by Crippen LogP contribution is 2.29. The highest BCUT2D eigenvalue weighted by atomic mass is 32.1. The van der Waals surface area contributed by atoms with Crippen molar-refractivity contribution in [3.05, 3.63) is 35.3 Å². The summed E-state index contributed by atoms with van der Waals surface area (Å²) in [6, 6.07) is 4.80. The van der Waals surface area contributed by atoms with Crippen molar-refractivity contribution in [3.8, 4) is 10.6 Å². The molecule has 0 radical (unpaired) electrons. The molecule has 0 fully saturated rings. The zero-order valence-electron chi connectivity index (χ0n) is 16.4. The molecule has 1 atom stereocenters. The van der Waals surface area contributed by atoms with Crippen LogP contribution in [0.25, 0.3) is 21.6 Å². The fourth-order valence-corrected chi connectivity index (χ4v) is 3.36. The van der Waals surface area contributed by atoms with Crippen LogP contribution in [0.4, 0.5) is 4.79 Å². The number of carbonyl (C=O) groups excluding carboxylic acids is 3. The van der Waals surface area contributed by atoms with Crippen LogP contribution in [0, 0.1) is 0 Å². The molecule has 0 aromatic carbocycles. The van der Waals surface area contributed by atoms with Crippen molar-refractivity contribution in [3.63, 3.8) is 0 Å². The molecule has 3 rings (SSSR count). The Balaban J connectivity index is 1.98. The van der Waals surface area contributed by atoms with Crippen molar-refractivity contribution in [1.82, 2.24) is 25.4 Å². The Morgan fingerprint density at radius 2 is 2.00 bits per heavy atom. The smallest absolute Gasteiger partial charge is 0.339 e. The molecule has 3 aromatic rings. The van der Waals surface area contributed by atoms with E-state index in [9.17, 15) is 14.4 Å². The van der Waals surface area contributed by atoms with E-state index in [1.807, 2.05) is 31.4 Å². The summed E-state index contributed by atoms with van der Waals surface area (Å²) in [5.41, 5.74) is 1.43. The first-order valence-electron chi connectivity index (χ1n) is 8.97. The number of ether oxygens (including phenoxy) is 1. The van der Waals surface area contributed by atoms with Crippen LogP contribution in [0.3, 0.4) is 0 Å². The molecular weight excluding hydrogens is 394 g/mol. The zero-order valence-corrected chi connectivity index (χ0v) is 17.2. The fraction of sp³-hybridized carbons (Fsp3) is 0.316. The number of amides is 3. The van der Waals surface area contributed by atoms with E-state index in [2.05, 4.69) is 20.7 Å². The van der Waals surface area contributed by atoms with Crippen LogP contribution < -0.4 is 10.6 Å². The monoisotopic (exact) mass is 415 g/mol. The number of rotatable bonds is 5. The van der Waals surface area contributed by atoms with Crippen LogP contribution in [-0.2, 0) is 9.53 Å². The van der Waals surface area contributed by atoms with E-state index in [0.29, 0.717) is 16.7 Å².